The Kier molecular flexibility index (Phi) is 6.52. The quantitative estimate of drug-likeness (QED) is 0.649. The number of carbonyl (C=O) groups excluding carboxylic acids is 1. The molecule has 1 unspecified atom stereocenters. The van der Waals surface area contributed by atoms with Gasteiger partial charge in [-0.3, -0.25) is 4.79 Å². The fraction of sp³-hybridized carbons (Fsp3) is 0.923. The summed E-state index contributed by atoms with van der Waals surface area (Å²) in [4.78, 5) is 13.9. The normalized spacial score (nSPS) is 20.2. The van der Waals surface area contributed by atoms with E-state index in [0.29, 0.717) is 18.4 Å². The zero-order chi connectivity index (χ0) is 12.7. The van der Waals surface area contributed by atoms with Gasteiger partial charge in [-0.15, -0.1) is 0 Å². The molecule has 1 heterocycles. The molecule has 0 aliphatic carbocycles. The van der Waals surface area contributed by atoms with Crippen LogP contribution in [0.2, 0.25) is 0 Å². The monoisotopic (exact) mass is 241 g/mol. The van der Waals surface area contributed by atoms with E-state index in [2.05, 4.69) is 36.4 Å². The van der Waals surface area contributed by atoms with Crippen molar-refractivity contribution in [2.24, 2.45) is 5.92 Å². The molecule has 0 spiro atoms. The van der Waals surface area contributed by atoms with Gasteiger partial charge in [-0.05, 0) is 59.3 Å². The maximum atomic E-state index is 11.6. The topological polar surface area (TPSA) is 44.4 Å². The minimum absolute atomic E-state index is 0.214. The van der Waals surface area contributed by atoms with Gasteiger partial charge in [0, 0.05) is 19.0 Å². The van der Waals surface area contributed by atoms with E-state index < -0.39 is 0 Å². The molecule has 4 heteroatoms. The zero-order valence-electron chi connectivity index (χ0n) is 11.5. The van der Waals surface area contributed by atoms with Crippen LogP contribution < -0.4 is 10.6 Å². The number of nitrogens with zero attached hydrogens (tertiary/aromatic N) is 1. The van der Waals surface area contributed by atoms with Crippen molar-refractivity contribution in [3.05, 3.63) is 0 Å². The van der Waals surface area contributed by atoms with Gasteiger partial charge >= 0.3 is 0 Å². The molecule has 2 N–H and O–H groups in total. The number of hydrogen-bond donors (Lipinski definition) is 2. The SMILES string of the molecule is CC(C)N(C)CCCNC(=O)CC1CCNC1. The fourth-order valence-electron chi connectivity index (χ4n) is 2.04. The summed E-state index contributed by atoms with van der Waals surface area (Å²) in [5.41, 5.74) is 0. The Balaban J connectivity index is 2.00. The smallest absolute Gasteiger partial charge is 0.220 e. The van der Waals surface area contributed by atoms with Crippen molar-refractivity contribution in [2.45, 2.75) is 39.2 Å². The van der Waals surface area contributed by atoms with Gasteiger partial charge < -0.3 is 15.5 Å². The molecular weight excluding hydrogens is 214 g/mol. The summed E-state index contributed by atoms with van der Waals surface area (Å²) in [5.74, 6) is 0.763. The Hall–Kier alpha value is -0.610. The van der Waals surface area contributed by atoms with Crippen molar-refractivity contribution < 1.29 is 4.79 Å². The van der Waals surface area contributed by atoms with Gasteiger partial charge in [0.1, 0.15) is 0 Å². The fourth-order valence-corrected chi connectivity index (χ4v) is 2.04. The highest BCUT2D eigenvalue weighted by molar-refractivity contribution is 5.76. The molecule has 1 fully saturated rings. The first-order chi connectivity index (χ1) is 8.09. The highest BCUT2D eigenvalue weighted by atomic mass is 16.1. The summed E-state index contributed by atoms with van der Waals surface area (Å²) < 4.78 is 0. The summed E-state index contributed by atoms with van der Waals surface area (Å²) in [6, 6.07) is 0.579. The zero-order valence-corrected chi connectivity index (χ0v) is 11.5. The second kappa shape index (κ2) is 7.67. The maximum Gasteiger partial charge on any atom is 0.220 e. The van der Waals surface area contributed by atoms with Crippen molar-refractivity contribution >= 4 is 5.91 Å². The Morgan fingerprint density at radius 1 is 1.53 bits per heavy atom. The number of nitrogens with one attached hydrogen (secondary N) is 2. The van der Waals surface area contributed by atoms with Crippen LogP contribution in [-0.4, -0.2) is 50.1 Å². The van der Waals surface area contributed by atoms with Crippen molar-refractivity contribution in [3.63, 3.8) is 0 Å². The highest BCUT2D eigenvalue weighted by Crippen LogP contribution is 2.11. The van der Waals surface area contributed by atoms with Gasteiger partial charge in [-0.25, -0.2) is 0 Å². The molecule has 0 aromatic rings. The molecule has 17 heavy (non-hydrogen) atoms. The summed E-state index contributed by atoms with van der Waals surface area (Å²) >= 11 is 0. The van der Waals surface area contributed by atoms with Gasteiger partial charge in [-0.2, -0.15) is 0 Å². The molecule has 100 valence electrons. The van der Waals surface area contributed by atoms with Gasteiger partial charge in [0.25, 0.3) is 0 Å². The van der Waals surface area contributed by atoms with Crippen LogP contribution in [0.3, 0.4) is 0 Å². The molecule has 0 saturated carbocycles. The third-order valence-electron chi connectivity index (χ3n) is 3.53. The average Bonchev–Trinajstić information content (AvgIpc) is 2.76. The third-order valence-corrected chi connectivity index (χ3v) is 3.53. The Bertz CT molecular complexity index is 225. The molecule has 1 amide bonds. The first kappa shape index (κ1) is 14.5. The predicted octanol–water partition coefficient (Wildman–Crippen LogP) is 0.833. The van der Waals surface area contributed by atoms with E-state index >= 15 is 0 Å². The van der Waals surface area contributed by atoms with Crippen LogP contribution in [0.1, 0.15) is 33.1 Å². The van der Waals surface area contributed by atoms with E-state index in [1.807, 2.05) is 0 Å². The number of rotatable bonds is 7. The lowest BCUT2D eigenvalue weighted by Gasteiger charge is -2.20. The molecule has 1 aliphatic heterocycles. The van der Waals surface area contributed by atoms with E-state index in [-0.39, 0.29) is 5.91 Å². The van der Waals surface area contributed by atoms with Gasteiger partial charge in [0.15, 0.2) is 0 Å². The Morgan fingerprint density at radius 3 is 2.88 bits per heavy atom. The van der Waals surface area contributed by atoms with E-state index in [9.17, 15) is 4.79 Å². The van der Waals surface area contributed by atoms with Crippen LogP contribution in [0.4, 0.5) is 0 Å². The molecule has 1 atom stereocenters. The molecular formula is C13H27N3O. The van der Waals surface area contributed by atoms with Crippen molar-refractivity contribution in [3.8, 4) is 0 Å². The molecule has 1 rings (SSSR count). The van der Waals surface area contributed by atoms with E-state index in [0.717, 1.165) is 39.0 Å². The summed E-state index contributed by atoms with van der Waals surface area (Å²) in [6.45, 7) is 8.29. The molecule has 0 aromatic heterocycles. The standard InChI is InChI=1S/C13H27N3O/c1-11(2)16(3)8-4-6-15-13(17)9-12-5-7-14-10-12/h11-12,14H,4-10H2,1-3H3,(H,15,17). The summed E-state index contributed by atoms with van der Waals surface area (Å²) in [5, 5.41) is 6.30. The number of hydrogen-bond acceptors (Lipinski definition) is 3. The Labute approximate surface area is 105 Å². The lowest BCUT2D eigenvalue weighted by molar-refractivity contribution is -0.121. The largest absolute Gasteiger partial charge is 0.356 e. The van der Waals surface area contributed by atoms with Gasteiger partial charge in [0.2, 0.25) is 5.91 Å². The lowest BCUT2D eigenvalue weighted by atomic mass is 10.0. The van der Waals surface area contributed by atoms with Crippen LogP contribution in [-0.2, 0) is 4.79 Å². The molecule has 4 nitrogen and oxygen atoms in total. The van der Waals surface area contributed by atoms with Crippen molar-refractivity contribution in [2.75, 3.05) is 33.2 Å². The second-order valence-electron chi connectivity index (χ2n) is 5.34. The molecule has 1 saturated heterocycles. The van der Waals surface area contributed by atoms with Crippen LogP contribution in [0.15, 0.2) is 0 Å². The number of amides is 1. The van der Waals surface area contributed by atoms with Crippen LogP contribution in [0.25, 0.3) is 0 Å². The lowest BCUT2D eigenvalue weighted by Crippen LogP contribution is -2.32. The van der Waals surface area contributed by atoms with Crippen molar-refractivity contribution in [1.82, 2.24) is 15.5 Å². The Morgan fingerprint density at radius 2 is 2.29 bits per heavy atom. The summed E-state index contributed by atoms with van der Waals surface area (Å²) in [7, 11) is 2.12. The molecule has 1 aliphatic rings. The van der Waals surface area contributed by atoms with E-state index in [1.165, 1.54) is 0 Å². The van der Waals surface area contributed by atoms with E-state index in [4.69, 9.17) is 0 Å². The molecule has 0 bridgehead atoms. The second-order valence-corrected chi connectivity index (χ2v) is 5.34. The van der Waals surface area contributed by atoms with Gasteiger partial charge in [-0.1, -0.05) is 0 Å². The predicted molar refractivity (Wildman–Crippen MR) is 71.0 cm³/mol. The third kappa shape index (κ3) is 6.03. The molecule has 0 aromatic carbocycles. The van der Waals surface area contributed by atoms with Crippen molar-refractivity contribution in [1.29, 1.82) is 0 Å². The first-order valence-corrected chi connectivity index (χ1v) is 6.77. The van der Waals surface area contributed by atoms with Crippen LogP contribution >= 0.6 is 0 Å². The number of carbonyl (C=O) groups is 1. The van der Waals surface area contributed by atoms with E-state index in [1.54, 1.807) is 0 Å². The molecule has 0 radical (unpaired) electrons. The summed E-state index contributed by atoms with van der Waals surface area (Å²) in [6.07, 6.45) is 2.86. The minimum Gasteiger partial charge on any atom is -0.356 e. The van der Waals surface area contributed by atoms with Crippen LogP contribution in [0.5, 0.6) is 0 Å². The first-order valence-electron chi connectivity index (χ1n) is 6.77. The maximum absolute atomic E-state index is 11.6. The minimum atomic E-state index is 0.214. The van der Waals surface area contributed by atoms with Crippen LogP contribution in [0, 0.1) is 5.92 Å². The average molecular weight is 241 g/mol. The van der Waals surface area contributed by atoms with Gasteiger partial charge in [0.05, 0.1) is 0 Å². The highest BCUT2D eigenvalue weighted by Gasteiger charge is 2.17.